The highest BCUT2D eigenvalue weighted by Gasteiger charge is 2.10. The van der Waals surface area contributed by atoms with Crippen LogP contribution in [0, 0.1) is 6.92 Å². The Balaban J connectivity index is 1.97. The third-order valence-electron chi connectivity index (χ3n) is 3.43. The molecule has 1 heterocycles. The van der Waals surface area contributed by atoms with E-state index >= 15 is 0 Å². The number of carbonyl (C=O) groups excluding carboxylic acids is 1. The highest BCUT2D eigenvalue weighted by atomic mass is 16.1. The zero-order chi connectivity index (χ0) is 13.9. The van der Waals surface area contributed by atoms with Gasteiger partial charge in [0.2, 0.25) is 0 Å². The van der Waals surface area contributed by atoms with Crippen molar-refractivity contribution in [2.45, 2.75) is 13.3 Å². The second-order valence-electron chi connectivity index (χ2n) is 4.99. The second kappa shape index (κ2) is 5.25. The molecular formula is C18H15NO. The van der Waals surface area contributed by atoms with Crippen LogP contribution in [0.25, 0.3) is 10.8 Å². The molecule has 98 valence electrons. The van der Waals surface area contributed by atoms with Crippen molar-refractivity contribution in [3.8, 4) is 0 Å². The van der Waals surface area contributed by atoms with Crippen molar-refractivity contribution in [3.05, 3.63) is 77.6 Å². The first-order valence-corrected chi connectivity index (χ1v) is 6.65. The molecule has 2 heteroatoms. The van der Waals surface area contributed by atoms with Gasteiger partial charge in [0.1, 0.15) is 0 Å². The maximum Gasteiger partial charge on any atom is 0.167 e. The average molecular weight is 261 g/mol. The van der Waals surface area contributed by atoms with Gasteiger partial charge in [0, 0.05) is 29.8 Å². The van der Waals surface area contributed by atoms with Gasteiger partial charge in [-0.05, 0) is 23.9 Å². The molecule has 20 heavy (non-hydrogen) atoms. The number of rotatable bonds is 3. The van der Waals surface area contributed by atoms with Gasteiger partial charge in [0.05, 0.1) is 0 Å². The zero-order valence-corrected chi connectivity index (χ0v) is 11.3. The van der Waals surface area contributed by atoms with E-state index in [9.17, 15) is 4.79 Å². The van der Waals surface area contributed by atoms with Gasteiger partial charge in [-0.2, -0.15) is 0 Å². The van der Waals surface area contributed by atoms with Gasteiger partial charge in [-0.3, -0.25) is 9.78 Å². The monoisotopic (exact) mass is 261 g/mol. The lowest BCUT2D eigenvalue weighted by molar-refractivity contribution is 0.0994. The zero-order valence-electron chi connectivity index (χ0n) is 11.3. The Labute approximate surface area is 118 Å². The van der Waals surface area contributed by atoms with Gasteiger partial charge in [-0.15, -0.1) is 0 Å². The van der Waals surface area contributed by atoms with E-state index in [0.29, 0.717) is 6.42 Å². The topological polar surface area (TPSA) is 30.0 Å². The molecule has 0 atom stereocenters. The summed E-state index contributed by atoms with van der Waals surface area (Å²) in [7, 11) is 0. The first-order chi connectivity index (χ1) is 9.74. The number of hydrogen-bond donors (Lipinski definition) is 0. The van der Waals surface area contributed by atoms with Gasteiger partial charge in [0.15, 0.2) is 5.78 Å². The molecule has 0 aliphatic carbocycles. The number of fused-ring (bicyclic) bond motifs is 1. The number of ketones is 1. The molecule has 1 aromatic heterocycles. The maximum atomic E-state index is 12.5. The summed E-state index contributed by atoms with van der Waals surface area (Å²) < 4.78 is 0. The Kier molecular flexibility index (Phi) is 3.30. The van der Waals surface area contributed by atoms with Crippen molar-refractivity contribution >= 4 is 16.6 Å². The lowest BCUT2D eigenvalue weighted by Crippen LogP contribution is -2.04. The van der Waals surface area contributed by atoms with Crippen molar-refractivity contribution in [3.63, 3.8) is 0 Å². The van der Waals surface area contributed by atoms with Crippen LogP contribution in [0.4, 0.5) is 0 Å². The smallest absolute Gasteiger partial charge is 0.167 e. The molecule has 0 radical (unpaired) electrons. The number of hydrogen-bond acceptors (Lipinski definition) is 2. The number of aromatic nitrogens is 1. The minimum atomic E-state index is 0.134. The van der Waals surface area contributed by atoms with Gasteiger partial charge in [-0.1, -0.05) is 48.0 Å². The molecule has 2 nitrogen and oxygen atoms in total. The van der Waals surface area contributed by atoms with E-state index in [1.54, 1.807) is 12.4 Å². The summed E-state index contributed by atoms with van der Waals surface area (Å²) in [5.41, 5.74) is 2.97. The van der Waals surface area contributed by atoms with Gasteiger partial charge in [-0.25, -0.2) is 0 Å². The van der Waals surface area contributed by atoms with E-state index in [0.717, 1.165) is 21.9 Å². The summed E-state index contributed by atoms with van der Waals surface area (Å²) in [6, 6.07) is 15.8. The summed E-state index contributed by atoms with van der Waals surface area (Å²) in [6.45, 7) is 2.04. The summed E-state index contributed by atoms with van der Waals surface area (Å²) in [4.78, 5) is 16.6. The first-order valence-electron chi connectivity index (χ1n) is 6.65. The standard InChI is InChI=1S/C18H15NO/c1-13-4-2-5-14(10-13)11-18(20)16-7-3-6-15-8-9-19-12-17(15)16/h2-10,12H,11H2,1H3. The molecule has 0 spiro atoms. The van der Waals surface area contributed by atoms with Crippen LogP contribution in [-0.4, -0.2) is 10.8 Å². The van der Waals surface area contributed by atoms with Crippen LogP contribution >= 0.6 is 0 Å². The van der Waals surface area contributed by atoms with E-state index < -0.39 is 0 Å². The van der Waals surface area contributed by atoms with E-state index in [2.05, 4.69) is 11.1 Å². The van der Waals surface area contributed by atoms with Crippen LogP contribution in [0.5, 0.6) is 0 Å². The van der Waals surface area contributed by atoms with Gasteiger partial charge in [0.25, 0.3) is 0 Å². The molecule has 3 rings (SSSR count). The SMILES string of the molecule is Cc1cccc(CC(=O)c2cccc3ccncc23)c1. The van der Waals surface area contributed by atoms with Crippen LogP contribution < -0.4 is 0 Å². The molecule has 0 N–H and O–H groups in total. The maximum absolute atomic E-state index is 12.5. The van der Waals surface area contributed by atoms with Crippen LogP contribution in [0.15, 0.2) is 60.9 Å². The molecule has 0 amide bonds. The van der Waals surface area contributed by atoms with E-state index in [4.69, 9.17) is 0 Å². The highest BCUT2D eigenvalue weighted by molar-refractivity contribution is 6.08. The molecule has 0 aliphatic heterocycles. The number of nitrogens with zero attached hydrogens (tertiary/aromatic N) is 1. The summed E-state index contributed by atoms with van der Waals surface area (Å²) >= 11 is 0. The van der Waals surface area contributed by atoms with E-state index in [1.165, 1.54) is 5.56 Å². The fraction of sp³-hybridized carbons (Fsp3) is 0.111. The van der Waals surface area contributed by atoms with Crippen LogP contribution in [0.1, 0.15) is 21.5 Å². The molecule has 0 saturated carbocycles. The molecule has 3 aromatic rings. The normalized spacial score (nSPS) is 10.7. The van der Waals surface area contributed by atoms with Crippen LogP contribution in [-0.2, 0) is 6.42 Å². The largest absolute Gasteiger partial charge is 0.294 e. The lowest BCUT2D eigenvalue weighted by Gasteiger charge is -2.06. The predicted molar refractivity (Wildman–Crippen MR) is 81.0 cm³/mol. The van der Waals surface area contributed by atoms with Crippen molar-refractivity contribution in [1.82, 2.24) is 4.98 Å². The highest BCUT2D eigenvalue weighted by Crippen LogP contribution is 2.19. The van der Waals surface area contributed by atoms with Crippen molar-refractivity contribution in [2.75, 3.05) is 0 Å². The number of pyridine rings is 1. The summed E-state index contributed by atoms with van der Waals surface area (Å²) in [5, 5.41) is 1.97. The van der Waals surface area contributed by atoms with Crippen molar-refractivity contribution in [2.24, 2.45) is 0 Å². The molecule has 0 bridgehead atoms. The summed E-state index contributed by atoms with van der Waals surface area (Å²) in [5.74, 6) is 0.134. The average Bonchev–Trinajstić information content (AvgIpc) is 2.46. The number of aryl methyl sites for hydroxylation is 1. The fourth-order valence-electron chi connectivity index (χ4n) is 2.46. The molecule has 0 saturated heterocycles. The predicted octanol–water partition coefficient (Wildman–Crippen LogP) is 3.97. The lowest BCUT2D eigenvalue weighted by atomic mass is 9.98. The van der Waals surface area contributed by atoms with E-state index in [1.807, 2.05) is 49.4 Å². The van der Waals surface area contributed by atoms with E-state index in [-0.39, 0.29) is 5.78 Å². The third-order valence-corrected chi connectivity index (χ3v) is 3.43. The minimum Gasteiger partial charge on any atom is -0.294 e. The van der Waals surface area contributed by atoms with Crippen LogP contribution in [0.2, 0.25) is 0 Å². The Morgan fingerprint density at radius 3 is 2.80 bits per heavy atom. The van der Waals surface area contributed by atoms with Crippen LogP contribution in [0.3, 0.4) is 0 Å². The third kappa shape index (κ3) is 2.45. The Hall–Kier alpha value is -2.48. The van der Waals surface area contributed by atoms with Gasteiger partial charge >= 0.3 is 0 Å². The number of carbonyl (C=O) groups is 1. The molecule has 0 fully saturated rings. The second-order valence-corrected chi connectivity index (χ2v) is 4.99. The number of benzene rings is 2. The molecular weight excluding hydrogens is 246 g/mol. The number of Topliss-reactive ketones (excluding diaryl/α,β-unsaturated/α-hetero) is 1. The molecule has 0 unspecified atom stereocenters. The fourth-order valence-corrected chi connectivity index (χ4v) is 2.46. The minimum absolute atomic E-state index is 0.134. The Bertz CT molecular complexity index is 772. The molecule has 2 aromatic carbocycles. The quantitative estimate of drug-likeness (QED) is 0.668. The Morgan fingerprint density at radius 1 is 1.10 bits per heavy atom. The van der Waals surface area contributed by atoms with Crippen molar-refractivity contribution < 1.29 is 4.79 Å². The molecule has 0 aliphatic rings. The Morgan fingerprint density at radius 2 is 1.95 bits per heavy atom. The van der Waals surface area contributed by atoms with Crippen molar-refractivity contribution in [1.29, 1.82) is 0 Å². The van der Waals surface area contributed by atoms with Gasteiger partial charge < -0.3 is 0 Å². The summed E-state index contributed by atoms with van der Waals surface area (Å²) in [6.07, 6.45) is 3.94. The first kappa shape index (κ1) is 12.5.